The molecule has 1 aromatic heterocycles. The lowest BCUT2D eigenvalue weighted by molar-refractivity contribution is 0.920. The maximum atomic E-state index is 5.91. The summed E-state index contributed by atoms with van der Waals surface area (Å²) in [5.74, 6) is 3.24. The first-order chi connectivity index (χ1) is 10.2. The Labute approximate surface area is 147 Å². The molecular formula is C15H15ClIN3S. The number of aromatic nitrogens is 2. The molecule has 3 rings (SSSR count). The van der Waals surface area contributed by atoms with E-state index in [1.165, 1.54) is 23.4 Å². The zero-order valence-corrected chi connectivity index (χ0v) is 15.3. The maximum absolute atomic E-state index is 5.91. The number of halogens is 2. The Bertz CT molecular complexity index is 644. The molecule has 1 heterocycles. The van der Waals surface area contributed by atoms with Gasteiger partial charge in [-0.1, -0.05) is 11.6 Å². The molecule has 1 aliphatic rings. The van der Waals surface area contributed by atoms with E-state index in [0.29, 0.717) is 5.92 Å². The number of thioether (sulfide) groups is 1. The lowest BCUT2D eigenvalue weighted by Crippen LogP contribution is -2.06. The van der Waals surface area contributed by atoms with Crippen LogP contribution in [0.25, 0.3) is 0 Å². The molecule has 110 valence electrons. The molecule has 1 aliphatic carbocycles. The van der Waals surface area contributed by atoms with Crippen LogP contribution in [0.5, 0.6) is 0 Å². The van der Waals surface area contributed by atoms with Gasteiger partial charge in [-0.25, -0.2) is 9.97 Å². The van der Waals surface area contributed by atoms with Crippen LogP contribution < -0.4 is 5.32 Å². The number of nitrogens with zero attached hydrogens (tertiary/aromatic N) is 2. The molecule has 0 bridgehead atoms. The largest absolute Gasteiger partial charge is 0.372 e. The second kappa shape index (κ2) is 6.71. The molecule has 21 heavy (non-hydrogen) atoms. The van der Waals surface area contributed by atoms with Crippen LogP contribution in [-0.2, 0) is 5.75 Å². The molecule has 0 unspecified atom stereocenters. The molecule has 1 aromatic carbocycles. The molecule has 6 heteroatoms. The summed E-state index contributed by atoms with van der Waals surface area (Å²) in [7, 11) is 1.91. The third kappa shape index (κ3) is 3.81. The van der Waals surface area contributed by atoms with Gasteiger partial charge in [-0.05, 0) is 59.7 Å². The summed E-state index contributed by atoms with van der Waals surface area (Å²) in [5, 5.41) is 3.94. The minimum Gasteiger partial charge on any atom is -0.372 e. The molecule has 0 saturated heterocycles. The third-order valence-electron chi connectivity index (χ3n) is 3.31. The molecule has 0 amide bonds. The van der Waals surface area contributed by atoms with Gasteiger partial charge in [-0.3, -0.25) is 0 Å². The van der Waals surface area contributed by atoms with Crippen LogP contribution in [0.3, 0.4) is 0 Å². The van der Waals surface area contributed by atoms with Gasteiger partial charge in [0.1, 0.15) is 11.6 Å². The van der Waals surface area contributed by atoms with Gasteiger partial charge in [-0.15, -0.1) is 11.8 Å². The summed E-state index contributed by atoms with van der Waals surface area (Å²) in [5.41, 5.74) is 1.21. The topological polar surface area (TPSA) is 37.8 Å². The van der Waals surface area contributed by atoms with E-state index in [1.54, 1.807) is 11.8 Å². The predicted octanol–water partition coefficient (Wildman–Crippen LogP) is 4.95. The van der Waals surface area contributed by atoms with E-state index in [2.05, 4.69) is 32.9 Å². The molecule has 1 saturated carbocycles. The summed E-state index contributed by atoms with van der Waals surface area (Å²) in [4.78, 5) is 10.6. The van der Waals surface area contributed by atoms with Gasteiger partial charge in [0, 0.05) is 22.9 Å². The number of anilines is 1. The molecule has 1 fully saturated rings. The van der Waals surface area contributed by atoms with Gasteiger partial charge in [-0.2, -0.15) is 0 Å². The van der Waals surface area contributed by atoms with Crippen LogP contribution in [0.15, 0.2) is 29.2 Å². The van der Waals surface area contributed by atoms with E-state index >= 15 is 0 Å². The first-order valence-corrected chi connectivity index (χ1v) is 9.24. The van der Waals surface area contributed by atoms with Crippen LogP contribution in [0.4, 0.5) is 5.82 Å². The van der Waals surface area contributed by atoms with Crippen LogP contribution in [0.2, 0.25) is 5.02 Å². The molecule has 0 spiro atoms. The molecule has 0 radical (unpaired) electrons. The molecule has 1 N–H and O–H groups in total. The minimum absolute atomic E-state index is 0.631. The Hall–Kier alpha value is -0.530. The van der Waals surface area contributed by atoms with Crippen molar-refractivity contribution in [2.75, 3.05) is 12.4 Å². The third-order valence-corrected chi connectivity index (χ3v) is 5.63. The second-order valence-electron chi connectivity index (χ2n) is 4.95. The van der Waals surface area contributed by atoms with Crippen molar-refractivity contribution in [2.24, 2.45) is 0 Å². The van der Waals surface area contributed by atoms with Gasteiger partial charge < -0.3 is 5.32 Å². The maximum Gasteiger partial charge on any atom is 0.143 e. The number of hydrogen-bond acceptors (Lipinski definition) is 4. The fraction of sp³-hybridized carbons (Fsp3) is 0.333. The van der Waals surface area contributed by atoms with Crippen molar-refractivity contribution in [1.82, 2.24) is 9.97 Å². The van der Waals surface area contributed by atoms with Gasteiger partial charge >= 0.3 is 0 Å². The number of benzene rings is 1. The van der Waals surface area contributed by atoms with E-state index in [1.807, 2.05) is 31.3 Å². The van der Waals surface area contributed by atoms with Gasteiger partial charge in [0.15, 0.2) is 0 Å². The van der Waals surface area contributed by atoms with Crippen LogP contribution in [0.1, 0.15) is 30.3 Å². The van der Waals surface area contributed by atoms with Crippen molar-refractivity contribution >= 4 is 51.8 Å². The van der Waals surface area contributed by atoms with E-state index in [0.717, 1.165) is 26.0 Å². The zero-order chi connectivity index (χ0) is 14.8. The first-order valence-electron chi connectivity index (χ1n) is 6.80. The van der Waals surface area contributed by atoms with E-state index in [4.69, 9.17) is 16.6 Å². The highest BCUT2D eigenvalue weighted by Crippen LogP contribution is 2.42. The smallest absolute Gasteiger partial charge is 0.143 e. The summed E-state index contributed by atoms with van der Waals surface area (Å²) in [6.07, 6.45) is 2.50. The molecule has 0 atom stereocenters. The van der Waals surface area contributed by atoms with Crippen LogP contribution in [-0.4, -0.2) is 17.0 Å². The number of nitrogens with one attached hydrogen (secondary N) is 1. The molecule has 0 aliphatic heterocycles. The zero-order valence-electron chi connectivity index (χ0n) is 11.6. The summed E-state index contributed by atoms with van der Waals surface area (Å²) in [6, 6.07) is 7.88. The average molecular weight is 432 g/mol. The Morgan fingerprint density at radius 3 is 2.62 bits per heavy atom. The molecule has 2 aromatic rings. The van der Waals surface area contributed by atoms with Gasteiger partial charge in [0.05, 0.1) is 15.0 Å². The Morgan fingerprint density at radius 1 is 1.29 bits per heavy atom. The standard InChI is InChI=1S/C15H15ClIN3S/c1-18-15-13(17)14(9-2-3-9)19-12(20-15)8-21-11-6-4-10(16)5-7-11/h4-7,9H,2-3,8H2,1H3,(H,18,19,20). The SMILES string of the molecule is CNc1nc(CSc2ccc(Cl)cc2)nc(C2CC2)c1I. The quantitative estimate of drug-likeness (QED) is 0.537. The van der Waals surface area contributed by atoms with E-state index in [9.17, 15) is 0 Å². The summed E-state index contributed by atoms with van der Waals surface area (Å²) < 4.78 is 1.16. The molecule has 3 nitrogen and oxygen atoms in total. The lowest BCUT2D eigenvalue weighted by atomic mass is 10.2. The van der Waals surface area contributed by atoms with Crippen LogP contribution in [0, 0.1) is 3.57 Å². The Morgan fingerprint density at radius 2 is 2.00 bits per heavy atom. The highest BCUT2D eigenvalue weighted by atomic mass is 127. The lowest BCUT2D eigenvalue weighted by Gasteiger charge is -2.10. The summed E-state index contributed by atoms with van der Waals surface area (Å²) in [6.45, 7) is 0. The van der Waals surface area contributed by atoms with E-state index < -0.39 is 0 Å². The van der Waals surface area contributed by atoms with Crippen LogP contribution >= 0.6 is 46.0 Å². The van der Waals surface area contributed by atoms with Gasteiger partial charge in [0.2, 0.25) is 0 Å². The number of rotatable bonds is 5. The second-order valence-corrected chi connectivity index (χ2v) is 7.52. The fourth-order valence-corrected chi connectivity index (χ4v) is 3.88. The first kappa shape index (κ1) is 15.4. The predicted molar refractivity (Wildman–Crippen MR) is 97.3 cm³/mol. The van der Waals surface area contributed by atoms with Crippen molar-refractivity contribution in [1.29, 1.82) is 0 Å². The normalized spacial score (nSPS) is 14.2. The highest BCUT2D eigenvalue weighted by Gasteiger charge is 2.29. The van der Waals surface area contributed by atoms with Crippen molar-refractivity contribution < 1.29 is 0 Å². The Kier molecular flexibility index (Phi) is 4.91. The molecular weight excluding hydrogens is 417 g/mol. The highest BCUT2D eigenvalue weighted by molar-refractivity contribution is 14.1. The van der Waals surface area contributed by atoms with Crippen molar-refractivity contribution in [3.8, 4) is 0 Å². The van der Waals surface area contributed by atoms with Gasteiger partial charge in [0.25, 0.3) is 0 Å². The summed E-state index contributed by atoms with van der Waals surface area (Å²) >= 11 is 9.99. The van der Waals surface area contributed by atoms with Crippen molar-refractivity contribution in [3.05, 3.63) is 44.4 Å². The van der Waals surface area contributed by atoms with Crippen molar-refractivity contribution in [3.63, 3.8) is 0 Å². The monoisotopic (exact) mass is 431 g/mol. The number of hydrogen-bond donors (Lipinski definition) is 1. The van der Waals surface area contributed by atoms with Crippen molar-refractivity contribution in [2.45, 2.75) is 29.4 Å². The average Bonchev–Trinajstić information content (AvgIpc) is 3.32. The van der Waals surface area contributed by atoms with E-state index in [-0.39, 0.29) is 0 Å². The minimum atomic E-state index is 0.631. The fourth-order valence-electron chi connectivity index (χ4n) is 2.05. The Balaban J connectivity index is 1.78.